The van der Waals surface area contributed by atoms with Crippen LogP contribution in [-0.4, -0.2) is 5.78 Å². The van der Waals surface area contributed by atoms with Gasteiger partial charge in [0.05, 0.1) is 0 Å². The van der Waals surface area contributed by atoms with Crippen molar-refractivity contribution in [1.29, 1.82) is 0 Å². The number of ketones is 1. The molecule has 0 saturated carbocycles. The van der Waals surface area contributed by atoms with E-state index in [-0.39, 0.29) is 5.41 Å². The highest BCUT2D eigenvalue weighted by molar-refractivity contribution is 5.84. The van der Waals surface area contributed by atoms with Crippen LogP contribution in [0.4, 0.5) is 0 Å². The maximum absolute atomic E-state index is 12.0. The summed E-state index contributed by atoms with van der Waals surface area (Å²) in [6, 6.07) is 10.3. The highest BCUT2D eigenvalue weighted by Gasteiger charge is 2.24. The molecule has 1 aromatic carbocycles. The van der Waals surface area contributed by atoms with Crippen LogP contribution >= 0.6 is 0 Å². The van der Waals surface area contributed by atoms with E-state index in [0.717, 1.165) is 6.42 Å². The van der Waals surface area contributed by atoms with Crippen molar-refractivity contribution in [3.8, 4) is 0 Å². The zero-order valence-electron chi connectivity index (χ0n) is 10.8. The second kappa shape index (κ2) is 5.29. The van der Waals surface area contributed by atoms with E-state index in [1.54, 1.807) is 0 Å². The van der Waals surface area contributed by atoms with Crippen LogP contribution in [0.15, 0.2) is 30.3 Å². The molecule has 88 valence electrons. The molecule has 0 saturated heterocycles. The third-order valence-corrected chi connectivity index (χ3v) is 3.03. The average molecular weight is 218 g/mol. The first-order valence-corrected chi connectivity index (χ1v) is 6.03. The summed E-state index contributed by atoms with van der Waals surface area (Å²) in [4.78, 5) is 12.0. The number of Topliss-reactive ketones (excluding diaryl/α,β-unsaturated/α-hetero) is 1. The molecule has 1 atom stereocenters. The molecule has 1 heteroatoms. The summed E-state index contributed by atoms with van der Waals surface area (Å²) in [6.45, 7) is 8.13. The lowest BCUT2D eigenvalue weighted by Gasteiger charge is -2.21. The molecule has 0 radical (unpaired) electrons. The molecular formula is C15H22O. The predicted molar refractivity (Wildman–Crippen MR) is 68.6 cm³/mol. The molecule has 0 aliphatic heterocycles. The highest BCUT2D eigenvalue weighted by Crippen LogP contribution is 2.28. The Bertz CT molecular complexity index is 332. The number of carbonyl (C=O) groups is 1. The monoisotopic (exact) mass is 218 g/mol. The van der Waals surface area contributed by atoms with E-state index in [1.165, 1.54) is 5.56 Å². The number of rotatable bonds is 4. The topological polar surface area (TPSA) is 17.1 Å². The molecule has 1 aromatic rings. The number of hydrogen-bond donors (Lipinski definition) is 0. The quantitative estimate of drug-likeness (QED) is 0.740. The first-order chi connectivity index (χ1) is 7.45. The van der Waals surface area contributed by atoms with Gasteiger partial charge >= 0.3 is 0 Å². The fourth-order valence-corrected chi connectivity index (χ4v) is 1.75. The molecule has 0 heterocycles. The van der Waals surface area contributed by atoms with Crippen molar-refractivity contribution >= 4 is 5.78 Å². The second-order valence-corrected chi connectivity index (χ2v) is 5.39. The van der Waals surface area contributed by atoms with E-state index in [9.17, 15) is 4.79 Å². The van der Waals surface area contributed by atoms with Gasteiger partial charge in [0, 0.05) is 11.8 Å². The number of benzene rings is 1. The van der Waals surface area contributed by atoms with Gasteiger partial charge in [-0.05, 0) is 17.9 Å². The van der Waals surface area contributed by atoms with Crippen molar-refractivity contribution in [2.75, 3.05) is 0 Å². The van der Waals surface area contributed by atoms with Gasteiger partial charge in [-0.2, -0.15) is 0 Å². The zero-order chi connectivity index (χ0) is 12.2. The molecule has 0 aromatic heterocycles. The Balaban J connectivity index is 2.75. The lowest BCUT2D eigenvalue weighted by molar-refractivity contribution is -0.126. The van der Waals surface area contributed by atoms with Gasteiger partial charge < -0.3 is 0 Å². The standard InChI is InChI=1S/C15H22O/c1-5-12(11-14(16)15(2,3)4)13-9-7-6-8-10-13/h6-10,12H,5,11H2,1-4H3. The second-order valence-electron chi connectivity index (χ2n) is 5.39. The Morgan fingerprint density at radius 3 is 2.19 bits per heavy atom. The van der Waals surface area contributed by atoms with Crippen LogP contribution in [0.5, 0.6) is 0 Å². The predicted octanol–water partition coefficient (Wildman–Crippen LogP) is 4.19. The van der Waals surface area contributed by atoms with Crippen molar-refractivity contribution in [2.45, 2.75) is 46.5 Å². The Hall–Kier alpha value is -1.11. The fourth-order valence-electron chi connectivity index (χ4n) is 1.75. The van der Waals surface area contributed by atoms with Crippen molar-refractivity contribution in [3.63, 3.8) is 0 Å². The molecular weight excluding hydrogens is 196 g/mol. The fraction of sp³-hybridized carbons (Fsp3) is 0.533. The maximum atomic E-state index is 12.0. The van der Waals surface area contributed by atoms with E-state index >= 15 is 0 Å². The molecule has 0 amide bonds. The average Bonchev–Trinajstić information content (AvgIpc) is 2.25. The molecule has 0 aliphatic rings. The van der Waals surface area contributed by atoms with Crippen LogP contribution in [0, 0.1) is 5.41 Å². The molecule has 1 rings (SSSR count). The Morgan fingerprint density at radius 2 is 1.75 bits per heavy atom. The smallest absolute Gasteiger partial charge is 0.138 e. The van der Waals surface area contributed by atoms with Crippen molar-refractivity contribution in [3.05, 3.63) is 35.9 Å². The first-order valence-electron chi connectivity index (χ1n) is 6.03. The third kappa shape index (κ3) is 3.48. The number of hydrogen-bond acceptors (Lipinski definition) is 1. The molecule has 0 bridgehead atoms. The van der Waals surface area contributed by atoms with Crippen LogP contribution < -0.4 is 0 Å². The van der Waals surface area contributed by atoms with Gasteiger partial charge in [-0.1, -0.05) is 58.0 Å². The summed E-state index contributed by atoms with van der Waals surface area (Å²) < 4.78 is 0. The van der Waals surface area contributed by atoms with Crippen molar-refractivity contribution in [1.82, 2.24) is 0 Å². The third-order valence-electron chi connectivity index (χ3n) is 3.03. The minimum Gasteiger partial charge on any atom is -0.299 e. The lowest BCUT2D eigenvalue weighted by Crippen LogP contribution is -2.22. The molecule has 16 heavy (non-hydrogen) atoms. The van der Waals surface area contributed by atoms with Gasteiger partial charge in [-0.15, -0.1) is 0 Å². The van der Waals surface area contributed by atoms with Crippen LogP contribution in [0.25, 0.3) is 0 Å². The molecule has 0 aliphatic carbocycles. The maximum Gasteiger partial charge on any atom is 0.138 e. The van der Waals surface area contributed by atoms with E-state index in [0.29, 0.717) is 18.1 Å². The molecule has 1 nitrogen and oxygen atoms in total. The van der Waals surface area contributed by atoms with Gasteiger partial charge in [-0.3, -0.25) is 4.79 Å². The summed E-state index contributed by atoms with van der Waals surface area (Å²) in [5.41, 5.74) is 1.06. The summed E-state index contributed by atoms with van der Waals surface area (Å²) in [5, 5.41) is 0. The van der Waals surface area contributed by atoms with Crippen molar-refractivity contribution in [2.24, 2.45) is 5.41 Å². The first kappa shape index (κ1) is 13.0. The van der Waals surface area contributed by atoms with E-state index in [1.807, 2.05) is 39.0 Å². The minimum absolute atomic E-state index is 0.220. The van der Waals surface area contributed by atoms with Crippen LogP contribution in [-0.2, 0) is 4.79 Å². The van der Waals surface area contributed by atoms with Crippen LogP contribution in [0.3, 0.4) is 0 Å². The van der Waals surface area contributed by atoms with E-state index < -0.39 is 0 Å². The molecule has 1 unspecified atom stereocenters. The largest absolute Gasteiger partial charge is 0.299 e. The van der Waals surface area contributed by atoms with Crippen LogP contribution in [0.2, 0.25) is 0 Å². The van der Waals surface area contributed by atoms with Gasteiger partial charge in [0.15, 0.2) is 0 Å². The summed E-state index contributed by atoms with van der Waals surface area (Å²) >= 11 is 0. The Labute approximate surface area is 98.9 Å². The van der Waals surface area contributed by atoms with E-state index in [4.69, 9.17) is 0 Å². The summed E-state index contributed by atoms with van der Waals surface area (Å²) in [7, 11) is 0. The summed E-state index contributed by atoms with van der Waals surface area (Å²) in [5.74, 6) is 0.719. The molecule has 0 N–H and O–H groups in total. The Kier molecular flexibility index (Phi) is 4.28. The lowest BCUT2D eigenvalue weighted by atomic mass is 9.82. The van der Waals surface area contributed by atoms with Gasteiger partial charge in [0.1, 0.15) is 5.78 Å². The van der Waals surface area contributed by atoms with Gasteiger partial charge in [0.2, 0.25) is 0 Å². The minimum atomic E-state index is -0.220. The highest BCUT2D eigenvalue weighted by atomic mass is 16.1. The van der Waals surface area contributed by atoms with Gasteiger partial charge in [0.25, 0.3) is 0 Å². The van der Waals surface area contributed by atoms with Gasteiger partial charge in [-0.25, -0.2) is 0 Å². The zero-order valence-corrected chi connectivity index (χ0v) is 10.8. The van der Waals surface area contributed by atoms with Crippen LogP contribution in [0.1, 0.15) is 52.0 Å². The normalized spacial score (nSPS) is 13.5. The number of carbonyl (C=O) groups excluding carboxylic acids is 1. The van der Waals surface area contributed by atoms with Crippen molar-refractivity contribution < 1.29 is 4.79 Å². The molecule has 0 spiro atoms. The SMILES string of the molecule is CCC(CC(=O)C(C)(C)C)c1ccccc1. The molecule has 0 fully saturated rings. The summed E-state index contributed by atoms with van der Waals surface area (Å²) in [6.07, 6.45) is 1.68. The Morgan fingerprint density at radius 1 is 1.19 bits per heavy atom. The van der Waals surface area contributed by atoms with E-state index in [2.05, 4.69) is 19.1 Å².